The highest BCUT2D eigenvalue weighted by Crippen LogP contribution is 2.50. The summed E-state index contributed by atoms with van der Waals surface area (Å²) in [5.41, 5.74) is 3.36. The molecule has 6 nitrogen and oxygen atoms in total. The van der Waals surface area contributed by atoms with Crippen LogP contribution in [0, 0.1) is 18.3 Å². The molecule has 0 unspecified atom stereocenters. The number of nitriles is 1. The number of nitrogens with one attached hydrogen (secondary N) is 1. The Hall–Kier alpha value is -3.33. The molecule has 0 atom stereocenters. The van der Waals surface area contributed by atoms with Crippen molar-refractivity contribution in [2.24, 2.45) is 0 Å². The molecular weight excluding hydrogens is 390 g/mol. The van der Waals surface area contributed by atoms with Crippen molar-refractivity contribution in [1.29, 1.82) is 5.26 Å². The minimum absolute atomic E-state index is 0.0974. The number of likely N-dealkylation sites (tertiary alicyclic amines) is 1. The Balaban J connectivity index is 1.53. The van der Waals surface area contributed by atoms with Gasteiger partial charge in [0, 0.05) is 24.3 Å². The Morgan fingerprint density at radius 3 is 2.55 bits per heavy atom. The molecule has 0 spiro atoms. The van der Waals surface area contributed by atoms with Gasteiger partial charge in [-0.15, -0.1) is 0 Å². The topological polar surface area (TPSA) is 82.4 Å². The highest BCUT2D eigenvalue weighted by atomic mass is 16.5. The average molecular weight is 418 g/mol. The van der Waals surface area contributed by atoms with Crippen LogP contribution in [0.2, 0.25) is 0 Å². The SMILES string of the molecule is COc1ccc(C#N)cc1CC(=O)Nc1cc(C2(C(=O)N3CCCC3)CC2)ccc1C. The van der Waals surface area contributed by atoms with Crippen LogP contribution in [0.15, 0.2) is 36.4 Å². The van der Waals surface area contributed by atoms with Gasteiger partial charge in [-0.3, -0.25) is 9.59 Å². The van der Waals surface area contributed by atoms with Gasteiger partial charge in [-0.2, -0.15) is 5.26 Å². The first kappa shape index (κ1) is 20.9. The third-order valence-corrected chi connectivity index (χ3v) is 6.38. The van der Waals surface area contributed by atoms with Crippen molar-refractivity contribution < 1.29 is 14.3 Å². The Morgan fingerprint density at radius 2 is 1.90 bits per heavy atom. The lowest BCUT2D eigenvalue weighted by Crippen LogP contribution is -2.37. The van der Waals surface area contributed by atoms with Crippen LogP contribution in [-0.2, 0) is 21.4 Å². The fourth-order valence-corrected chi connectivity index (χ4v) is 4.38. The number of carbonyl (C=O) groups excluding carboxylic acids is 2. The molecule has 1 heterocycles. The minimum Gasteiger partial charge on any atom is -0.496 e. The summed E-state index contributed by atoms with van der Waals surface area (Å²) in [6.45, 7) is 3.64. The summed E-state index contributed by atoms with van der Waals surface area (Å²) in [7, 11) is 1.54. The van der Waals surface area contributed by atoms with Crippen molar-refractivity contribution in [2.45, 2.75) is 44.4 Å². The quantitative estimate of drug-likeness (QED) is 0.777. The molecule has 2 fully saturated rings. The van der Waals surface area contributed by atoms with Crippen LogP contribution in [0.1, 0.15) is 47.9 Å². The second-order valence-electron chi connectivity index (χ2n) is 8.47. The predicted octanol–water partition coefficient (Wildman–Crippen LogP) is 3.71. The highest BCUT2D eigenvalue weighted by molar-refractivity contribution is 5.95. The van der Waals surface area contributed by atoms with Gasteiger partial charge >= 0.3 is 0 Å². The van der Waals surface area contributed by atoms with Crippen LogP contribution in [0.3, 0.4) is 0 Å². The standard InChI is InChI=1S/C25H27N3O3/c1-17-5-7-20(25(9-10-25)24(30)28-11-3-4-12-28)15-21(17)27-23(29)14-19-13-18(16-26)6-8-22(19)31-2/h5-8,13,15H,3-4,9-12,14H2,1-2H3,(H,27,29). The lowest BCUT2D eigenvalue weighted by molar-refractivity contribution is -0.132. The maximum atomic E-state index is 13.1. The molecule has 2 aliphatic rings. The number of rotatable bonds is 6. The van der Waals surface area contributed by atoms with E-state index in [4.69, 9.17) is 10.00 Å². The van der Waals surface area contributed by atoms with Crippen molar-refractivity contribution in [2.75, 3.05) is 25.5 Å². The molecular formula is C25H27N3O3. The number of aryl methyl sites for hydroxylation is 1. The zero-order valence-electron chi connectivity index (χ0n) is 18.0. The monoisotopic (exact) mass is 417 g/mol. The molecule has 4 rings (SSSR count). The van der Waals surface area contributed by atoms with E-state index >= 15 is 0 Å². The fourth-order valence-electron chi connectivity index (χ4n) is 4.38. The maximum Gasteiger partial charge on any atom is 0.233 e. The number of anilines is 1. The largest absolute Gasteiger partial charge is 0.496 e. The van der Waals surface area contributed by atoms with Crippen LogP contribution in [-0.4, -0.2) is 36.9 Å². The van der Waals surface area contributed by atoms with Crippen LogP contribution >= 0.6 is 0 Å². The highest BCUT2D eigenvalue weighted by Gasteiger charge is 2.53. The summed E-state index contributed by atoms with van der Waals surface area (Å²) in [5, 5.41) is 12.1. The van der Waals surface area contributed by atoms with E-state index in [1.807, 2.05) is 30.0 Å². The summed E-state index contributed by atoms with van der Waals surface area (Å²) < 4.78 is 5.34. The molecule has 2 amide bonds. The molecule has 6 heteroatoms. The molecule has 2 aromatic rings. The Bertz CT molecular complexity index is 1060. The van der Waals surface area contributed by atoms with Crippen molar-refractivity contribution in [1.82, 2.24) is 4.90 Å². The molecule has 1 N–H and O–H groups in total. The predicted molar refractivity (Wildman–Crippen MR) is 118 cm³/mol. The zero-order chi connectivity index (χ0) is 22.0. The van der Waals surface area contributed by atoms with E-state index < -0.39 is 5.41 Å². The van der Waals surface area contributed by atoms with Gasteiger partial charge in [-0.05, 0) is 68.0 Å². The average Bonchev–Trinajstić information content (AvgIpc) is 3.40. The maximum absolute atomic E-state index is 13.1. The number of methoxy groups -OCH3 is 1. The van der Waals surface area contributed by atoms with Crippen LogP contribution in [0.5, 0.6) is 5.75 Å². The van der Waals surface area contributed by atoms with Crippen molar-refractivity contribution in [3.63, 3.8) is 0 Å². The van der Waals surface area contributed by atoms with E-state index in [-0.39, 0.29) is 18.2 Å². The summed E-state index contributed by atoms with van der Waals surface area (Å²) in [6.07, 6.45) is 3.97. The zero-order valence-corrected chi connectivity index (χ0v) is 18.0. The van der Waals surface area contributed by atoms with Gasteiger partial charge in [0.25, 0.3) is 0 Å². The Labute approximate surface area is 182 Å². The normalized spacial score (nSPS) is 16.5. The fraction of sp³-hybridized carbons (Fsp3) is 0.400. The molecule has 1 saturated carbocycles. The summed E-state index contributed by atoms with van der Waals surface area (Å²) in [6, 6.07) is 13.1. The first-order valence-corrected chi connectivity index (χ1v) is 10.7. The van der Waals surface area contributed by atoms with Crippen LogP contribution in [0.25, 0.3) is 0 Å². The van der Waals surface area contributed by atoms with Gasteiger partial charge in [0.05, 0.1) is 30.6 Å². The first-order chi connectivity index (χ1) is 15.0. The number of nitrogens with zero attached hydrogens (tertiary/aromatic N) is 2. The summed E-state index contributed by atoms with van der Waals surface area (Å²) in [4.78, 5) is 27.9. The van der Waals surface area contributed by atoms with Gasteiger partial charge in [0.1, 0.15) is 5.75 Å². The first-order valence-electron chi connectivity index (χ1n) is 10.7. The van der Waals surface area contributed by atoms with E-state index in [2.05, 4.69) is 11.4 Å². The smallest absolute Gasteiger partial charge is 0.233 e. The van der Waals surface area contributed by atoms with Crippen LogP contribution < -0.4 is 10.1 Å². The van der Waals surface area contributed by atoms with Gasteiger partial charge in [0.2, 0.25) is 11.8 Å². The lowest BCUT2D eigenvalue weighted by Gasteiger charge is -2.24. The third kappa shape index (κ3) is 4.13. The number of carbonyl (C=O) groups is 2. The van der Waals surface area contributed by atoms with E-state index in [1.54, 1.807) is 25.3 Å². The van der Waals surface area contributed by atoms with E-state index in [0.29, 0.717) is 16.9 Å². The number of hydrogen-bond donors (Lipinski definition) is 1. The van der Waals surface area contributed by atoms with Crippen molar-refractivity contribution >= 4 is 17.5 Å². The van der Waals surface area contributed by atoms with Crippen molar-refractivity contribution in [3.8, 4) is 11.8 Å². The van der Waals surface area contributed by atoms with Gasteiger partial charge in [-0.25, -0.2) is 0 Å². The Kier molecular flexibility index (Phi) is 5.69. The van der Waals surface area contributed by atoms with Gasteiger partial charge < -0.3 is 15.0 Å². The molecule has 1 saturated heterocycles. The molecule has 2 aromatic carbocycles. The van der Waals surface area contributed by atoms with E-state index in [9.17, 15) is 9.59 Å². The summed E-state index contributed by atoms with van der Waals surface area (Å²) >= 11 is 0. The minimum atomic E-state index is -0.429. The van der Waals surface area contributed by atoms with E-state index in [0.717, 1.165) is 55.6 Å². The molecule has 1 aliphatic heterocycles. The number of ether oxygens (including phenoxy) is 1. The second kappa shape index (κ2) is 8.43. The number of benzene rings is 2. The molecule has 0 bridgehead atoms. The molecule has 0 radical (unpaired) electrons. The molecule has 0 aromatic heterocycles. The number of amides is 2. The van der Waals surface area contributed by atoms with Gasteiger partial charge in [0.15, 0.2) is 0 Å². The van der Waals surface area contributed by atoms with Crippen molar-refractivity contribution in [3.05, 3.63) is 58.7 Å². The lowest BCUT2D eigenvalue weighted by atomic mass is 9.92. The molecule has 31 heavy (non-hydrogen) atoms. The molecule has 1 aliphatic carbocycles. The number of hydrogen-bond acceptors (Lipinski definition) is 4. The van der Waals surface area contributed by atoms with Gasteiger partial charge in [-0.1, -0.05) is 12.1 Å². The summed E-state index contributed by atoms with van der Waals surface area (Å²) in [5.74, 6) is 0.612. The van der Waals surface area contributed by atoms with Crippen LogP contribution in [0.4, 0.5) is 5.69 Å². The molecule has 160 valence electrons. The third-order valence-electron chi connectivity index (χ3n) is 6.38. The Morgan fingerprint density at radius 1 is 1.16 bits per heavy atom. The second-order valence-corrected chi connectivity index (χ2v) is 8.47. The van der Waals surface area contributed by atoms with E-state index in [1.165, 1.54) is 0 Å².